The van der Waals surface area contributed by atoms with Crippen LogP contribution in [0.5, 0.6) is 0 Å². The Balaban J connectivity index is 1.68. The molecular weight excluding hydrogens is 340 g/mol. The van der Waals surface area contributed by atoms with Gasteiger partial charge in [0.1, 0.15) is 4.90 Å². The van der Waals surface area contributed by atoms with Gasteiger partial charge in [-0.05, 0) is 37.4 Å². The Kier molecular flexibility index (Phi) is 5.10. The SMILES string of the molecule is CN(CC(=O)NC1CCCCC1CN)C1=NS(=O)(=O)c2ccccc21. The van der Waals surface area contributed by atoms with Gasteiger partial charge < -0.3 is 16.0 Å². The summed E-state index contributed by atoms with van der Waals surface area (Å²) in [6.07, 6.45) is 4.22. The van der Waals surface area contributed by atoms with Crippen molar-refractivity contribution >= 4 is 21.8 Å². The average Bonchev–Trinajstić information content (AvgIpc) is 2.87. The van der Waals surface area contributed by atoms with Crippen LogP contribution in [0.4, 0.5) is 0 Å². The maximum Gasteiger partial charge on any atom is 0.285 e. The fraction of sp³-hybridized carbons (Fsp3) is 0.529. The molecule has 2 atom stereocenters. The molecule has 3 rings (SSSR count). The number of nitrogens with one attached hydrogen (secondary N) is 1. The highest BCUT2D eigenvalue weighted by Gasteiger charge is 2.31. The van der Waals surface area contributed by atoms with Crippen LogP contribution in [-0.4, -0.2) is 51.2 Å². The van der Waals surface area contributed by atoms with Crippen molar-refractivity contribution in [2.75, 3.05) is 20.1 Å². The summed E-state index contributed by atoms with van der Waals surface area (Å²) in [5.74, 6) is 0.482. The monoisotopic (exact) mass is 364 g/mol. The third-order valence-corrected chi connectivity index (χ3v) is 6.24. The molecule has 1 saturated carbocycles. The van der Waals surface area contributed by atoms with Crippen LogP contribution >= 0.6 is 0 Å². The van der Waals surface area contributed by atoms with Crippen LogP contribution in [0.3, 0.4) is 0 Å². The summed E-state index contributed by atoms with van der Waals surface area (Å²) < 4.78 is 28.1. The summed E-state index contributed by atoms with van der Waals surface area (Å²) in [6, 6.07) is 6.76. The number of fused-ring (bicyclic) bond motifs is 1. The standard InChI is InChI=1S/C17H24N4O3S/c1-21(11-16(22)19-14-8-4-2-6-12(14)10-18)17-13-7-3-5-9-15(13)25(23,24)20-17/h3,5,7,9,12,14H,2,4,6,8,10-11,18H2,1H3,(H,19,22). The van der Waals surface area contributed by atoms with Gasteiger partial charge in [0.15, 0.2) is 5.84 Å². The predicted molar refractivity (Wildman–Crippen MR) is 95.7 cm³/mol. The van der Waals surface area contributed by atoms with E-state index in [2.05, 4.69) is 9.71 Å². The van der Waals surface area contributed by atoms with Crippen molar-refractivity contribution in [2.24, 2.45) is 16.0 Å². The zero-order valence-electron chi connectivity index (χ0n) is 14.3. The number of hydrogen-bond acceptors (Lipinski definition) is 5. The smallest absolute Gasteiger partial charge is 0.285 e. The van der Waals surface area contributed by atoms with Gasteiger partial charge in [0, 0.05) is 18.7 Å². The second-order valence-electron chi connectivity index (χ2n) is 6.70. The van der Waals surface area contributed by atoms with E-state index in [1.54, 1.807) is 30.1 Å². The largest absolute Gasteiger partial charge is 0.352 e. The van der Waals surface area contributed by atoms with Gasteiger partial charge in [0.2, 0.25) is 5.91 Å². The fourth-order valence-corrected chi connectivity index (χ4v) is 4.84. The Morgan fingerprint density at radius 3 is 2.80 bits per heavy atom. The van der Waals surface area contributed by atoms with E-state index in [0.29, 0.717) is 23.9 Å². The number of carbonyl (C=O) groups is 1. The number of amides is 1. The fourth-order valence-electron chi connectivity index (χ4n) is 3.59. The lowest BCUT2D eigenvalue weighted by Crippen LogP contribution is -2.48. The number of amidine groups is 1. The van der Waals surface area contributed by atoms with Crippen LogP contribution in [0.1, 0.15) is 31.2 Å². The molecule has 0 radical (unpaired) electrons. The number of nitrogens with two attached hydrogens (primary N) is 1. The maximum atomic E-state index is 12.4. The molecule has 2 unspecified atom stereocenters. The predicted octanol–water partition coefficient (Wildman–Crippen LogP) is 0.701. The minimum Gasteiger partial charge on any atom is -0.352 e. The van der Waals surface area contributed by atoms with E-state index in [1.807, 2.05) is 0 Å². The van der Waals surface area contributed by atoms with Crippen molar-refractivity contribution in [2.45, 2.75) is 36.6 Å². The minimum absolute atomic E-state index is 0.0521. The van der Waals surface area contributed by atoms with Gasteiger partial charge in [0.05, 0.1) is 6.54 Å². The number of nitrogens with zero attached hydrogens (tertiary/aromatic N) is 2. The van der Waals surface area contributed by atoms with E-state index >= 15 is 0 Å². The van der Waals surface area contributed by atoms with E-state index < -0.39 is 10.0 Å². The van der Waals surface area contributed by atoms with Crippen molar-refractivity contribution in [3.63, 3.8) is 0 Å². The molecule has 25 heavy (non-hydrogen) atoms. The first-order valence-electron chi connectivity index (χ1n) is 8.57. The van der Waals surface area contributed by atoms with Crippen LogP contribution < -0.4 is 11.1 Å². The van der Waals surface area contributed by atoms with Crippen molar-refractivity contribution in [3.05, 3.63) is 29.8 Å². The normalized spacial score (nSPS) is 24.3. The summed E-state index contributed by atoms with van der Waals surface area (Å²) >= 11 is 0. The molecule has 1 aliphatic heterocycles. The summed E-state index contributed by atoms with van der Waals surface area (Å²) in [6.45, 7) is 0.621. The third-order valence-electron chi connectivity index (χ3n) is 4.91. The average molecular weight is 364 g/mol. The van der Waals surface area contributed by atoms with Gasteiger partial charge in [0.25, 0.3) is 10.0 Å². The number of sulfonamides is 1. The molecule has 1 fully saturated rings. The second kappa shape index (κ2) is 7.13. The highest BCUT2D eigenvalue weighted by molar-refractivity contribution is 7.90. The Labute approximate surface area is 148 Å². The molecule has 0 aromatic heterocycles. The van der Waals surface area contributed by atoms with Gasteiger partial charge in [-0.1, -0.05) is 25.0 Å². The van der Waals surface area contributed by atoms with Gasteiger partial charge in [-0.15, -0.1) is 4.40 Å². The van der Waals surface area contributed by atoms with Crippen molar-refractivity contribution < 1.29 is 13.2 Å². The molecule has 1 amide bonds. The van der Waals surface area contributed by atoms with E-state index in [0.717, 1.165) is 25.7 Å². The molecule has 0 spiro atoms. The minimum atomic E-state index is -3.68. The lowest BCUT2D eigenvalue weighted by Gasteiger charge is -2.32. The number of rotatable bonds is 4. The molecule has 7 nitrogen and oxygen atoms in total. The van der Waals surface area contributed by atoms with Crippen molar-refractivity contribution in [1.82, 2.24) is 10.2 Å². The topological polar surface area (TPSA) is 105 Å². The van der Waals surface area contributed by atoms with Crippen molar-refractivity contribution in [3.8, 4) is 0 Å². The summed E-state index contributed by atoms with van der Waals surface area (Å²) in [5.41, 5.74) is 6.34. The summed E-state index contributed by atoms with van der Waals surface area (Å²) in [5, 5.41) is 3.05. The Morgan fingerprint density at radius 1 is 1.32 bits per heavy atom. The second-order valence-corrected chi connectivity index (χ2v) is 8.27. The molecule has 8 heteroatoms. The Hall–Kier alpha value is -1.93. The zero-order chi connectivity index (χ0) is 18.0. The van der Waals surface area contributed by atoms with E-state index in [-0.39, 0.29) is 23.4 Å². The molecule has 0 saturated heterocycles. The highest BCUT2D eigenvalue weighted by Crippen LogP contribution is 2.27. The van der Waals surface area contributed by atoms with Crippen LogP contribution in [0.25, 0.3) is 0 Å². The molecular formula is C17H24N4O3S. The highest BCUT2D eigenvalue weighted by atomic mass is 32.2. The van der Waals surface area contributed by atoms with Crippen LogP contribution in [0.15, 0.2) is 33.6 Å². The van der Waals surface area contributed by atoms with Crippen molar-refractivity contribution in [1.29, 1.82) is 0 Å². The van der Waals surface area contributed by atoms with E-state index in [9.17, 15) is 13.2 Å². The Morgan fingerprint density at radius 2 is 2.04 bits per heavy atom. The van der Waals surface area contributed by atoms with Crippen LogP contribution in [-0.2, 0) is 14.8 Å². The number of hydrogen-bond donors (Lipinski definition) is 2. The molecule has 0 bridgehead atoms. The molecule has 136 valence electrons. The van der Waals surface area contributed by atoms with E-state index in [1.165, 1.54) is 6.07 Å². The van der Waals surface area contributed by atoms with Gasteiger partial charge in [-0.2, -0.15) is 8.42 Å². The van der Waals surface area contributed by atoms with Crippen LogP contribution in [0, 0.1) is 5.92 Å². The van der Waals surface area contributed by atoms with Gasteiger partial charge in [-0.3, -0.25) is 4.79 Å². The first kappa shape index (κ1) is 17.9. The lowest BCUT2D eigenvalue weighted by atomic mass is 9.84. The molecule has 1 aromatic carbocycles. The third kappa shape index (κ3) is 3.69. The number of carbonyl (C=O) groups excluding carboxylic acids is 1. The molecule has 1 heterocycles. The summed E-state index contributed by atoms with van der Waals surface area (Å²) in [4.78, 5) is 14.2. The first-order chi connectivity index (χ1) is 11.9. The molecule has 1 aromatic rings. The quantitative estimate of drug-likeness (QED) is 0.818. The summed E-state index contributed by atoms with van der Waals surface area (Å²) in [7, 11) is -2.00. The van der Waals surface area contributed by atoms with Crippen LogP contribution in [0.2, 0.25) is 0 Å². The number of benzene rings is 1. The lowest BCUT2D eigenvalue weighted by molar-refractivity contribution is -0.122. The maximum absolute atomic E-state index is 12.4. The number of likely N-dealkylation sites (N-methyl/N-ethyl adjacent to an activating group) is 1. The molecule has 3 N–H and O–H groups in total. The zero-order valence-corrected chi connectivity index (χ0v) is 15.1. The van der Waals surface area contributed by atoms with Gasteiger partial charge >= 0.3 is 0 Å². The Bertz CT molecular complexity index is 791. The molecule has 1 aliphatic carbocycles. The molecule has 2 aliphatic rings. The van der Waals surface area contributed by atoms with E-state index in [4.69, 9.17) is 5.73 Å². The first-order valence-corrected chi connectivity index (χ1v) is 10.0. The van der Waals surface area contributed by atoms with Gasteiger partial charge in [-0.25, -0.2) is 0 Å².